The summed E-state index contributed by atoms with van der Waals surface area (Å²) in [5.74, 6) is 0.0559. The van der Waals surface area contributed by atoms with E-state index >= 15 is 0 Å². The number of nitrogens with one attached hydrogen (secondary N) is 2. The van der Waals surface area contributed by atoms with Crippen LogP contribution in [0.15, 0.2) is 4.52 Å². The van der Waals surface area contributed by atoms with E-state index in [1.807, 2.05) is 6.92 Å². The van der Waals surface area contributed by atoms with Crippen molar-refractivity contribution in [3.05, 3.63) is 16.5 Å². The highest BCUT2D eigenvalue weighted by Gasteiger charge is 2.17. The van der Waals surface area contributed by atoms with Crippen LogP contribution in [0, 0.1) is 6.92 Å². The number of aryl methyl sites for hydroxylation is 1. The smallest absolute Gasteiger partial charge is 0.229 e. The topological polar surface area (TPSA) is 67.2 Å². The lowest BCUT2D eigenvalue weighted by Gasteiger charge is -2.23. The molecule has 1 saturated heterocycles. The van der Waals surface area contributed by atoms with Gasteiger partial charge in [-0.25, -0.2) is 0 Å². The van der Waals surface area contributed by atoms with Crippen molar-refractivity contribution >= 4 is 29.9 Å². The fourth-order valence-corrected chi connectivity index (χ4v) is 2.42. The fourth-order valence-electron chi connectivity index (χ4n) is 2.15. The zero-order chi connectivity index (χ0) is 13.0. The molecule has 7 heteroatoms. The van der Waals surface area contributed by atoms with E-state index in [9.17, 15) is 4.79 Å². The molecule has 0 aromatic carbocycles. The molecule has 2 N–H and O–H groups in total. The van der Waals surface area contributed by atoms with E-state index in [0.29, 0.717) is 18.1 Å². The summed E-state index contributed by atoms with van der Waals surface area (Å²) < 4.78 is 4.85. The molecule has 2 rings (SSSR count). The third kappa shape index (κ3) is 4.67. The molecule has 1 aliphatic rings. The third-order valence-electron chi connectivity index (χ3n) is 3.20. The lowest BCUT2D eigenvalue weighted by atomic mass is 10.1. The summed E-state index contributed by atoms with van der Waals surface area (Å²) in [5.41, 5.74) is 1.58. The van der Waals surface area contributed by atoms with Gasteiger partial charge in [-0.3, -0.25) is 4.79 Å². The summed E-state index contributed by atoms with van der Waals surface area (Å²) in [6.45, 7) is 3.73. The van der Waals surface area contributed by atoms with Gasteiger partial charge < -0.3 is 15.2 Å². The Balaban J connectivity index is 0.00000180. The molecule has 1 atom stereocenters. The Morgan fingerprint density at radius 2 is 2.42 bits per heavy atom. The van der Waals surface area contributed by atoms with Crippen LogP contribution in [0.25, 0.3) is 0 Å². The first kappa shape index (κ1) is 16.3. The van der Waals surface area contributed by atoms with Crippen molar-refractivity contribution < 1.29 is 9.32 Å². The standard InChI is InChI=1S/C12H18ClN3O2.ClH/c1-8-10(12(13)18-16-8)4-5-11(17)15-9-3-2-6-14-7-9;/h9,14H,2-7H2,1H3,(H,15,17);1H/t9-;/m0./s1. The van der Waals surface area contributed by atoms with E-state index in [1.54, 1.807) is 0 Å². The molecule has 1 aromatic heterocycles. The van der Waals surface area contributed by atoms with Crippen molar-refractivity contribution in [1.82, 2.24) is 15.8 Å². The zero-order valence-electron chi connectivity index (χ0n) is 10.9. The Morgan fingerprint density at radius 3 is 3.00 bits per heavy atom. The van der Waals surface area contributed by atoms with Gasteiger partial charge in [0.1, 0.15) is 0 Å². The maximum Gasteiger partial charge on any atom is 0.229 e. The second-order valence-electron chi connectivity index (χ2n) is 4.63. The molecule has 1 fully saturated rings. The summed E-state index contributed by atoms with van der Waals surface area (Å²) in [6.07, 6.45) is 3.14. The number of halogens is 2. The molecular weight excluding hydrogens is 289 g/mol. The minimum absolute atomic E-state index is 0. The highest BCUT2D eigenvalue weighted by molar-refractivity contribution is 6.29. The average molecular weight is 308 g/mol. The van der Waals surface area contributed by atoms with Gasteiger partial charge in [0, 0.05) is 24.6 Å². The second-order valence-corrected chi connectivity index (χ2v) is 4.97. The first-order valence-electron chi connectivity index (χ1n) is 6.27. The van der Waals surface area contributed by atoms with Crippen LogP contribution < -0.4 is 10.6 Å². The van der Waals surface area contributed by atoms with E-state index in [1.165, 1.54) is 0 Å². The van der Waals surface area contributed by atoms with E-state index in [0.717, 1.165) is 37.2 Å². The monoisotopic (exact) mass is 307 g/mol. The third-order valence-corrected chi connectivity index (χ3v) is 3.50. The van der Waals surface area contributed by atoms with E-state index < -0.39 is 0 Å². The molecule has 1 aliphatic heterocycles. The summed E-state index contributed by atoms with van der Waals surface area (Å²) >= 11 is 5.85. The molecule has 0 radical (unpaired) electrons. The lowest BCUT2D eigenvalue weighted by molar-refractivity contribution is -0.121. The summed E-state index contributed by atoms with van der Waals surface area (Å²) in [6, 6.07) is 0.255. The maximum atomic E-state index is 11.8. The van der Waals surface area contributed by atoms with Crippen molar-refractivity contribution in [1.29, 1.82) is 0 Å². The van der Waals surface area contributed by atoms with Gasteiger partial charge in [-0.2, -0.15) is 0 Å². The van der Waals surface area contributed by atoms with Crippen molar-refractivity contribution in [2.24, 2.45) is 0 Å². The number of carbonyl (C=O) groups is 1. The van der Waals surface area contributed by atoms with Gasteiger partial charge in [0.2, 0.25) is 11.1 Å². The lowest BCUT2D eigenvalue weighted by Crippen LogP contribution is -2.45. The first-order chi connectivity index (χ1) is 8.66. The van der Waals surface area contributed by atoms with Crippen LogP contribution in [0.1, 0.15) is 30.5 Å². The van der Waals surface area contributed by atoms with Crippen LogP contribution in [0.2, 0.25) is 5.22 Å². The molecule has 5 nitrogen and oxygen atoms in total. The van der Waals surface area contributed by atoms with Crippen LogP contribution in [0.5, 0.6) is 0 Å². The van der Waals surface area contributed by atoms with Crippen LogP contribution in [0.4, 0.5) is 0 Å². The number of nitrogens with zero attached hydrogens (tertiary/aromatic N) is 1. The Hall–Kier alpha value is -0.780. The maximum absolute atomic E-state index is 11.8. The molecule has 1 amide bonds. The number of rotatable bonds is 4. The normalized spacial score (nSPS) is 18.7. The van der Waals surface area contributed by atoms with Crippen LogP contribution in [-0.2, 0) is 11.2 Å². The SMILES string of the molecule is Cc1noc(Cl)c1CCC(=O)N[C@H]1CCCNC1.Cl. The van der Waals surface area contributed by atoms with E-state index in [2.05, 4.69) is 15.8 Å². The number of hydrogen-bond donors (Lipinski definition) is 2. The molecule has 0 saturated carbocycles. The number of piperidine rings is 1. The minimum Gasteiger partial charge on any atom is -0.352 e. The Labute approximate surface area is 123 Å². The van der Waals surface area contributed by atoms with Gasteiger partial charge in [-0.05, 0) is 44.3 Å². The van der Waals surface area contributed by atoms with Gasteiger partial charge in [0.15, 0.2) is 0 Å². The number of amides is 1. The van der Waals surface area contributed by atoms with Gasteiger partial charge in [0.05, 0.1) is 5.69 Å². The van der Waals surface area contributed by atoms with Crippen molar-refractivity contribution in [3.8, 4) is 0 Å². The van der Waals surface area contributed by atoms with Gasteiger partial charge in [0.25, 0.3) is 0 Å². The van der Waals surface area contributed by atoms with Crippen LogP contribution >= 0.6 is 24.0 Å². The molecule has 1 aromatic rings. The van der Waals surface area contributed by atoms with E-state index in [-0.39, 0.29) is 24.4 Å². The Kier molecular flexibility index (Phi) is 6.62. The number of carbonyl (C=O) groups excluding carboxylic acids is 1. The Bertz CT molecular complexity index is 398. The van der Waals surface area contributed by atoms with Crippen LogP contribution in [-0.4, -0.2) is 30.2 Å². The molecule has 0 aliphatic carbocycles. The van der Waals surface area contributed by atoms with Crippen LogP contribution in [0.3, 0.4) is 0 Å². The van der Waals surface area contributed by atoms with Gasteiger partial charge in [-0.15, -0.1) is 12.4 Å². The molecule has 108 valence electrons. The molecule has 0 bridgehead atoms. The predicted molar refractivity (Wildman–Crippen MR) is 75.9 cm³/mol. The predicted octanol–water partition coefficient (Wildman–Crippen LogP) is 1.86. The quantitative estimate of drug-likeness (QED) is 0.891. The highest BCUT2D eigenvalue weighted by atomic mass is 35.5. The average Bonchev–Trinajstić information content (AvgIpc) is 2.68. The Morgan fingerprint density at radius 1 is 1.63 bits per heavy atom. The summed E-state index contributed by atoms with van der Waals surface area (Å²) in [5, 5.41) is 10.3. The van der Waals surface area contributed by atoms with E-state index in [4.69, 9.17) is 16.1 Å². The van der Waals surface area contributed by atoms with Crippen molar-refractivity contribution in [2.45, 2.75) is 38.6 Å². The zero-order valence-corrected chi connectivity index (χ0v) is 12.4. The van der Waals surface area contributed by atoms with Crippen molar-refractivity contribution in [3.63, 3.8) is 0 Å². The highest BCUT2D eigenvalue weighted by Crippen LogP contribution is 2.20. The second kappa shape index (κ2) is 7.72. The minimum atomic E-state index is 0. The number of aromatic nitrogens is 1. The summed E-state index contributed by atoms with van der Waals surface area (Å²) in [7, 11) is 0. The largest absolute Gasteiger partial charge is 0.352 e. The number of hydrogen-bond acceptors (Lipinski definition) is 4. The van der Waals surface area contributed by atoms with Gasteiger partial charge in [-0.1, -0.05) is 5.16 Å². The first-order valence-corrected chi connectivity index (χ1v) is 6.65. The molecule has 0 spiro atoms. The molecular formula is C12H19Cl2N3O2. The fraction of sp³-hybridized carbons (Fsp3) is 0.667. The molecule has 0 unspecified atom stereocenters. The summed E-state index contributed by atoms with van der Waals surface area (Å²) in [4.78, 5) is 11.8. The van der Waals surface area contributed by atoms with Crippen molar-refractivity contribution in [2.75, 3.05) is 13.1 Å². The molecule has 2 heterocycles. The van der Waals surface area contributed by atoms with Gasteiger partial charge >= 0.3 is 0 Å². The molecule has 19 heavy (non-hydrogen) atoms.